The smallest absolute Gasteiger partial charge is 0.261 e. The molecule has 3 aromatic rings. The monoisotopic (exact) mass is 721 g/mol. The molecule has 7 rings (SSSR count). The quantitative estimate of drug-likeness (QED) is 0.131. The highest BCUT2D eigenvalue weighted by molar-refractivity contribution is 6.99. The lowest BCUT2D eigenvalue weighted by Gasteiger charge is -2.44. The minimum absolute atomic E-state index is 0.00440. The lowest BCUT2D eigenvalue weighted by atomic mass is 9.69. The zero-order chi connectivity index (χ0) is 36.6. The van der Waals surface area contributed by atoms with E-state index >= 15 is 0 Å². The van der Waals surface area contributed by atoms with Crippen LogP contribution in [0.4, 0.5) is 4.39 Å². The molecular formula is C44H52FNO5Si. The number of likely N-dealkylation sites (tertiary alicyclic amines) is 1. The first-order valence-electron chi connectivity index (χ1n) is 19.1. The molecule has 4 aliphatic rings. The van der Waals surface area contributed by atoms with Crippen LogP contribution in [0.3, 0.4) is 0 Å². The van der Waals surface area contributed by atoms with Crippen LogP contribution in [-0.4, -0.2) is 55.5 Å². The molecule has 274 valence electrons. The Hall–Kier alpha value is -3.85. The van der Waals surface area contributed by atoms with E-state index in [0.29, 0.717) is 38.0 Å². The minimum atomic E-state index is -2.89. The number of phenols is 1. The second kappa shape index (κ2) is 14.9. The van der Waals surface area contributed by atoms with E-state index in [1.807, 2.05) is 25.1 Å². The molecule has 0 radical (unpaired) electrons. The number of fused-ring (bicyclic) bond motifs is 3. The maximum Gasteiger partial charge on any atom is 0.261 e. The van der Waals surface area contributed by atoms with Crippen molar-refractivity contribution in [1.29, 1.82) is 0 Å². The van der Waals surface area contributed by atoms with Gasteiger partial charge < -0.3 is 14.3 Å². The molecule has 2 aliphatic heterocycles. The molecule has 3 fully saturated rings. The van der Waals surface area contributed by atoms with E-state index < -0.39 is 26.0 Å². The maximum absolute atomic E-state index is 14.3. The Morgan fingerprint density at radius 3 is 2.21 bits per heavy atom. The fourth-order valence-corrected chi connectivity index (χ4v) is 14.2. The zero-order valence-corrected chi connectivity index (χ0v) is 31.9. The van der Waals surface area contributed by atoms with Crippen LogP contribution in [0.5, 0.6) is 5.75 Å². The predicted molar refractivity (Wildman–Crippen MR) is 205 cm³/mol. The van der Waals surface area contributed by atoms with Crippen LogP contribution >= 0.6 is 0 Å². The number of rotatable bonds is 10. The number of nitrogens with zero attached hydrogens (tertiary/aromatic N) is 1. The maximum atomic E-state index is 14.3. The molecule has 3 aromatic carbocycles. The van der Waals surface area contributed by atoms with E-state index in [9.17, 15) is 19.1 Å². The average molecular weight is 722 g/mol. The van der Waals surface area contributed by atoms with Crippen molar-refractivity contribution in [2.45, 2.75) is 96.2 Å². The van der Waals surface area contributed by atoms with E-state index in [1.165, 1.54) is 22.5 Å². The minimum Gasteiger partial charge on any atom is -0.505 e. The summed E-state index contributed by atoms with van der Waals surface area (Å²) in [5.41, 5.74) is 4.01. The van der Waals surface area contributed by atoms with Crippen LogP contribution in [0.1, 0.15) is 84.6 Å². The number of aromatic hydroxyl groups is 1. The third-order valence-corrected chi connectivity index (χ3v) is 17.0. The SMILES string of the molecule is C/C(=C\c1ccc(O)c(F)c1)CC[C@H]1OC[C@H]2C1=C(CO[Si](c1ccccc1)(c1ccccc1)C(C)(C)C)C[C@H]1C(=O)N(C3CCCCC3)C(=O)[C@H]12. The van der Waals surface area contributed by atoms with E-state index in [0.717, 1.165) is 48.8 Å². The van der Waals surface area contributed by atoms with E-state index in [4.69, 9.17) is 9.16 Å². The number of ether oxygens (including phenoxy) is 1. The second-order valence-corrected chi connectivity index (χ2v) is 20.7. The van der Waals surface area contributed by atoms with Crippen LogP contribution in [0.15, 0.2) is 95.6 Å². The highest BCUT2D eigenvalue weighted by Crippen LogP contribution is 2.51. The number of carbonyl (C=O) groups is 2. The molecule has 0 unspecified atom stereocenters. The summed E-state index contributed by atoms with van der Waals surface area (Å²) >= 11 is 0. The number of imide groups is 1. The fraction of sp³-hybridized carbons (Fsp3) is 0.455. The first-order chi connectivity index (χ1) is 25.0. The van der Waals surface area contributed by atoms with Gasteiger partial charge in [0.05, 0.1) is 31.2 Å². The molecule has 1 N–H and O–H groups in total. The molecule has 2 heterocycles. The number of phenolic OH excluding ortho intramolecular Hbond substituents is 1. The lowest BCUT2D eigenvalue weighted by Crippen LogP contribution is -2.66. The molecule has 2 aliphatic carbocycles. The van der Waals surface area contributed by atoms with Crippen molar-refractivity contribution in [2.75, 3.05) is 13.2 Å². The van der Waals surface area contributed by atoms with Crippen molar-refractivity contribution in [2.24, 2.45) is 17.8 Å². The van der Waals surface area contributed by atoms with Gasteiger partial charge in [-0.25, -0.2) is 4.39 Å². The van der Waals surface area contributed by atoms with Crippen LogP contribution in [-0.2, 0) is 18.8 Å². The number of hydrogen-bond donors (Lipinski definition) is 1. The molecule has 2 saturated heterocycles. The molecule has 1 saturated carbocycles. The predicted octanol–water partition coefficient (Wildman–Crippen LogP) is 7.94. The summed E-state index contributed by atoms with van der Waals surface area (Å²) < 4.78 is 28.2. The van der Waals surface area contributed by atoms with Crippen molar-refractivity contribution < 1.29 is 28.2 Å². The van der Waals surface area contributed by atoms with Gasteiger partial charge in [-0.05, 0) is 83.3 Å². The zero-order valence-electron chi connectivity index (χ0n) is 30.9. The van der Waals surface area contributed by atoms with Crippen molar-refractivity contribution in [3.8, 4) is 5.75 Å². The van der Waals surface area contributed by atoms with Gasteiger partial charge in [0.1, 0.15) is 0 Å². The molecular weight excluding hydrogens is 670 g/mol. The van der Waals surface area contributed by atoms with Gasteiger partial charge >= 0.3 is 0 Å². The molecule has 0 spiro atoms. The molecule has 8 heteroatoms. The number of benzene rings is 3. The summed E-state index contributed by atoms with van der Waals surface area (Å²) in [6.45, 7) is 9.62. The number of halogens is 1. The summed E-state index contributed by atoms with van der Waals surface area (Å²) in [7, 11) is -2.89. The summed E-state index contributed by atoms with van der Waals surface area (Å²) in [5, 5.41) is 11.8. The molecule has 52 heavy (non-hydrogen) atoms. The highest BCUT2D eigenvalue weighted by atomic mass is 28.4. The Labute approximate surface area is 308 Å². The lowest BCUT2D eigenvalue weighted by molar-refractivity contribution is -0.143. The number of allylic oxidation sites excluding steroid dienone is 1. The number of hydrogen-bond acceptors (Lipinski definition) is 5. The second-order valence-electron chi connectivity index (χ2n) is 16.4. The van der Waals surface area contributed by atoms with Crippen molar-refractivity contribution in [1.82, 2.24) is 4.90 Å². The Kier molecular flexibility index (Phi) is 10.4. The topological polar surface area (TPSA) is 76.1 Å². The molecule has 0 aromatic heterocycles. The van der Waals surface area contributed by atoms with Gasteiger partial charge in [-0.1, -0.05) is 118 Å². The Morgan fingerprint density at radius 1 is 0.942 bits per heavy atom. The van der Waals surface area contributed by atoms with E-state index in [2.05, 4.69) is 69.3 Å². The highest BCUT2D eigenvalue weighted by Gasteiger charge is 2.59. The van der Waals surface area contributed by atoms with Gasteiger partial charge in [-0.15, -0.1) is 0 Å². The summed E-state index contributed by atoms with van der Waals surface area (Å²) in [6.07, 6.45) is 8.68. The number of amides is 2. The van der Waals surface area contributed by atoms with Gasteiger partial charge in [0.15, 0.2) is 11.6 Å². The average Bonchev–Trinajstić information content (AvgIpc) is 3.67. The van der Waals surface area contributed by atoms with Gasteiger partial charge in [0, 0.05) is 12.0 Å². The van der Waals surface area contributed by atoms with Gasteiger partial charge in [0.25, 0.3) is 8.32 Å². The molecule has 2 amide bonds. The Balaban J connectivity index is 1.24. The van der Waals surface area contributed by atoms with E-state index in [-0.39, 0.29) is 40.7 Å². The van der Waals surface area contributed by atoms with Gasteiger partial charge in [0.2, 0.25) is 11.8 Å². The Morgan fingerprint density at radius 2 is 1.60 bits per heavy atom. The molecule has 6 nitrogen and oxygen atoms in total. The largest absolute Gasteiger partial charge is 0.505 e. The van der Waals surface area contributed by atoms with Crippen LogP contribution in [0, 0.1) is 23.6 Å². The van der Waals surface area contributed by atoms with Gasteiger partial charge in [-0.2, -0.15) is 0 Å². The Bertz CT molecular complexity index is 1810. The van der Waals surface area contributed by atoms with Crippen molar-refractivity contribution >= 4 is 36.6 Å². The van der Waals surface area contributed by atoms with Crippen LogP contribution in [0.25, 0.3) is 6.08 Å². The van der Waals surface area contributed by atoms with Crippen molar-refractivity contribution in [3.63, 3.8) is 0 Å². The third-order valence-electron chi connectivity index (χ3n) is 12.0. The van der Waals surface area contributed by atoms with Crippen LogP contribution in [0.2, 0.25) is 5.04 Å². The summed E-state index contributed by atoms with van der Waals surface area (Å²) in [4.78, 5) is 30.2. The first kappa shape index (κ1) is 36.5. The third kappa shape index (κ3) is 6.74. The molecule has 4 atom stereocenters. The first-order valence-corrected chi connectivity index (χ1v) is 21.0. The van der Waals surface area contributed by atoms with Crippen molar-refractivity contribution in [3.05, 3.63) is 107 Å². The summed E-state index contributed by atoms with van der Waals surface area (Å²) in [5.74, 6) is -1.98. The van der Waals surface area contributed by atoms with Gasteiger partial charge in [-0.3, -0.25) is 14.5 Å². The summed E-state index contributed by atoms with van der Waals surface area (Å²) in [6, 6.07) is 25.6. The van der Waals surface area contributed by atoms with Crippen LogP contribution < -0.4 is 10.4 Å². The number of carbonyl (C=O) groups excluding carboxylic acids is 2. The fourth-order valence-electron chi connectivity index (χ4n) is 9.61. The normalized spacial score (nSPS) is 24.4. The molecule has 0 bridgehead atoms. The van der Waals surface area contributed by atoms with E-state index in [1.54, 1.807) is 11.0 Å². The standard InChI is InChI=1S/C44H52FNO5Si/c1-29(24-30-21-22-38(47)37(45)25-30)20-23-39-40-31(26-35-41(36(40)28-50-39)43(49)46(42(35)48)32-14-8-5-9-15-32)27-51-52(44(2,3)4,33-16-10-6-11-17-33)34-18-12-7-13-19-34/h6-7,10-13,16-19,21-22,24-25,32,35-36,39,41,47H,5,8-9,14-15,20,23,26-28H2,1-4H3/b29-24+/t35-,36+,39-,41-/m1/s1.